The number of alkyl halides is 1. The molecule has 0 bridgehead atoms. The van der Waals surface area contributed by atoms with E-state index in [-0.39, 0.29) is 30.7 Å². The molecule has 2 aromatic rings. The maximum Gasteiger partial charge on any atom is 0.414 e. The molecule has 0 aliphatic carbocycles. The largest absolute Gasteiger partial charge is 0.477 e. The number of ether oxygens (including phenoxy) is 2. The van der Waals surface area contributed by atoms with Crippen molar-refractivity contribution in [1.29, 1.82) is 0 Å². The average Bonchev–Trinajstić information content (AvgIpc) is 2.94. The molecule has 3 amide bonds. The molecule has 2 saturated heterocycles. The van der Waals surface area contributed by atoms with E-state index < -0.39 is 24.3 Å². The van der Waals surface area contributed by atoms with Gasteiger partial charge in [-0.3, -0.25) is 5.32 Å². The van der Waals surface area contributed by atoms with Crippen LogP contribution in [0.5, 0.6) is 11.8 Å². The molecule has 4 heterocycles. The zero-order chi connectivity index (χ0) is 27.8. The Morgan fingerprint density at radius 3 is 2.59 bits per heavy atom. The van der Waals surface area contributed by atoms with E-state index in [2.05, 4.69) is 42.4 Å². The number of nitrogens with one attached hydrogen (secondary N) is 2. The number of rotatable bonds is 8. The lowest BCUT2D eigenvalue weighted by atomic mass is 10.0. The molecular formula is C25H36FN9O4. The van der Waals surface area contributed by atoms with Crippen LogP contribution in [0.2, 0.25) is 0 Å². The molecule has 0 unspecified atom stereocenters. The van der Waals surface area contributed by atoms with Gasteiger partial charge >= 0.3 is 12.1 Å². The van der Waals surface area contributed by atoms with Crippen molar-refractivity contribution < 1.29 is 23.5 Å². The Balaban J connectivity index is 1.33. The summed E-state index contributed by atoms with van der Waals surface area (Å²) in [5, 5.41) is 5.53. The van der Waals surface area contributed by atoms with Gasteiger partial charge in [-0.25, -0.2) is 28.9 Å². The van der Waals surface area contributed by atoms with Crippen LogP contribution in [0.3, 0.4) is 0 Å². The fraction of sp³-hybridized carbons (Fsp3) is 0.600. The van der Waals surface area contributed by atoms with Gasteiger partial charge in [0.05, 0.1) is 25.0 Å². The van der Waals surface area contributed by atoms with Gasteiger partial charge in [0.2, 0.25) is 17.7 Å². The van der Waals surface area contributed by atoms with Crippen LogP contribution in [0.25, 0.3) is 0 Å². The Morgan fingerprint density at radius 2 is 1.90 bits per heavy atom. The van der Waals surface area contributed by atoms with Crippen LogP contribution in [-0.4, -0.2) is 106 Å². The maximum atomic E-state index is 14.9. The number of carbonyl (C=O) groups is 2. The highest BCUT2D eigenvalue weighted by Crippen LogP contribution is 2.24. The molecule has 13 nitrogen and oxygen atoms in total. The maximum absolute atomic E-state index is 14.9. The third kappa shape index (κ3) is 7.62. The highest BCUT2D eigenvalue weighted by molar-refractivity contribution is 5.88. The molecule has 0 spiro atoms. The molecule has 2 aliphatic rings. The Kier molecular flexibility index (Phi) is 9.63. The van der Waals surface area contributed by atoms with Gasteiger partial charge in [0.1, 0.15) is 6.17 Å². The van der Waals surface area contributed by atoms with Crippen molar-refractivity contribution in [1.82, 2.24) is 35.1 Å². The minimum absolute atomic E-state index is 0.0567. The van der Waals surface area contributed by atoms with Gasteiger partial charge in [-0.1, -0.05) is 6.92 Å². The summed E-state index contributed by atoms with van der Waals surface area (Å²) in [5.74, 6) is 0.958. The second kappa shape index (κ2) is 13.3. The van der Waals surface area contributed by atoms with Gasteiger partial charge in [0.25, 0.3) is 0 Å². The van der Waals surface area contributed by atoms with Crippen molar-refractivity contribution in [2.45, 2.75) is 51.4 Å². The van der Waals surface area contributed by atoms with E-state index in [1.165, 1.54) is 36.6 Å². The van der Waals surface area contributed by atoms with Crippen molar-refractivity contribution >= 4 is 23.9 Å². The van der Waals surface area contributed by atoms with Crippen LogP contribution in [0.4, 0.5) is 25.7 Å². The quantitative estimate of drug-likeness (QED) is 0.508. The molecule has 2 atom stereocenters. The monoisotopic (exact) mass is 545 g/mol. The fourth-order valence-electron chi connectivity index (χ4n) is 4.63. The number of nitrogens with zero attached hydrogens (tertiary/aromatic N) is 7. The van der Waals surface area contributed by atoms with Crippen LogP contribution >= 0.6 is 0 Å². The minimum atomic E-state index is -1.24. The first-order valence-electron chi connectivity index (χ1n) is 13.3. The van der Waals surface area contributed by atoms with Gasteiger partial charge in [0, 0.05) is 51.5 Å². The smallest absolute Gasteiger partial charge is 0.414 e. The average molecular weight is 546 g/mol. The molecule has 2 aromatic heterocycles. The summed E-state index contributed by atoms with van der Waals surface area (Å²) in [6.45, 7) is 7.78. The first-order valence-corrected chi connectivity index (χ1v) is 13.3. The molecule has 0 saturated carbocycles. The molecule has 2 N–H and O–H groups in total. The Hall–Kier alpha value is -3.81. The first kappa shape index (κ1) is 28.2. The first-order chi connectivity index (χ1) is 18.9. The topological polar surface area (TPSA) is 138 Å². The molecule has 4 rings (SSSR count). The Bertz CT molecular complexity index is 1100. The number of likely N-dealkylation sites (tertiary alicyclic amines) is 1. The van der Waals surface area contributed by atoms with Gasteiger partial charge in [0.15, 0.2) is 5.82 Å². The highest BCUT2D eigenvalue weighted by Gasteiger charge is 2.35. The van der Waals surface area contributed by atoms with E-state index in [1.54, 1.807) is 4.90 Å². The van der Waals surface area contributed by atoms with Crippen molar-refractivity contribution in [3.63, 3.8) is 0 Å². The summed E-state index contributed by atoms with van der Waals surface area (Å²) in [4.78, 5) is 47.5. The Morgan fingerprint density at radius 1 is 1.10 bits per heavy atom. The molecule has 2 fully saturated rings. The number of aromatic nitrogens is 4. The molecular weight excluding hydrogens is 509 g/mol. The lowest BCUT2D eigenvalue weighted by Gasteiger charge is -2.39. The lowest BCUT2D eigenvalue weighted by Crippen LogP contribution is -2.55. The second-order valence-corrected chi connectivity index (χ2v) is 9.47. The molecule has 2 aliphatic heterocycles. The van der Waals surface area contributed by atoms with Crippen LogP contribution in [0.15, 0.2) is 24.7 Å². The number of piperidine rings is 2. The van der Waals surface area contributed by atoms with Crippen molar-refractivity contribution in [3.05, 3.63) is 24.7 Å². The van der Waals surface area contributed by atoms with Gasteiger partial charge in [-0.2, -0.15) is 4.98 Å². The summed E-state index contributed by atoms with van der Waals surface area (Å²) >= 11 is 0. The van der Waals surface area contributed by atoms with Crippen LogP contribution < -0.4 is 25.0 Å². The van der Waals surface area contributed by atoms with Gasteiger partial charge in [-0.15, -0.1) is 0 Å². The number of likely N-dealkylation sites (N-methyl/N-ethyl adjacent to an activating group) is 1. The summed E-state index contributed by atoms with van der Waals surface area (Å²) in [6.07, 6.45) is 4.37. The highest BCUT2D eigenvalue weighted by atomic mass is 19.1. The molecule has 0 radical (unpaired) electrons. The van der Waals surface area contributed by atoms with Gasteiger partial charge < -0.3 is 29.5 Å². The lowest BCUT2D eigenvalue weighted by molar-refractivity contribution is 0.133. The van der Waals surface area contributed by atoms with E-state index in [1.807, 2.05) is 6.92 Å². The van der Waals surface area contributed by atoms with Crippen LogP contribution in [-0.2, 0) is 0 Å². The normalized spacial score (nSPS) is 20.3. The van der Waals surface area contributed by atoms with E-state index in [0.29, 0.717) is 25.0 Å². The molecule has 0 aromatic carbocycles. The molecule has 39 heavy (non-hydrogen) atoms. The fourth-order valence-corrected chi connectivity index (χ4v) is 4.63. The third-order valence-electron chi connectivity index (χ3n) is 6.93. The van der Waals surface area contributed by atoms with Crippen molar-refractivity contribution in [2.24, 2.45) is 0 Å². The number of halogens is 1. The van der Waals surface area contributed by atoms with Crippen molar-refractivity contribution in [3.8, 4) is 11.8 Å². The van der Waals surface area contributed by atoms with E-state index >= 15 is 0 Å². The standard InChI is InChI=1S/C25H36FN9O4/c1-4-34-11-7-17(8-12-34)30-25(37)39-21-6-10-27-23(32-21)35-13-9-18(26)19(16-35)33(3)24(36)31-20-14-29-22(15-28-20)38-5-2/h6,10,14-15,17-19H,4-5,7-9,11-13,16H2,1-3H3,(H,30,37)(H,28,31,36)/t18-,19+/m1/s1. The van der Waals surface area contributed by atoms with E-state index in [4.69, 9.17) is 9.47 Å². The predicted molar refractivity (Wildman–Crippen MR) is 142 cm³/mol. The zero-order valence-corrected chi connectivity index (χ0v) is 22.5. The predicted octanol–water partition coefficient (Wildman–Crippen LogP) is 2.32. The number of amides is 3. The SMILES string of the molecule is CCOc1cnc(NC(=O)N(C)[C@H]2CN(c3nccc(OC(=O)NC4CCN(CC)CC4)n3)CC[C@H]2F)cn1. The number of carbonyl (C=O) groups excluding carboxylic acids is 2. The molecule has 212 valence electrons. The van der Waals surface area contributed by atoms with Crippen molar-refractivity contribution in [2.75, 3.05) is 56.6 Å². The summed E-state index contributed by atoms with van der Waals surface area (Å²) in [7, 11) is 1.52. The summed E-state index contributed by atoms with van der Waals surface area (Å²) in [6, 6.07) is 0.267. The summed E-state index contributed by atoms with van der Waals surface area (Å²) < 4.78 is 25.6. The van der Waals surface area contributed by atoms with Gasteiger partial charge in [-0.05, 0) is 32.7 Å². The second-order valence-electron chi connectivity index (χ2n) is 9.47. The summed E-state index contributed by atoms with van der Waals surface area (Å²) in [5.41, 5.74) is 0. The third-order valence-corrected chi connectivity index (χ3v) is 6.93. The Labute approximate surface area is 227 Å². The van der Waals surface area contributed by atoms with E-state index in [9.17, 15) is 14.0 Å². The molecule has 14 heteroatoms. The minimum Gasteiger partial charge on any atom is -0.477 e. The van der Waals surface area contributed by atoms with E-state index in [0.717, 1.165) is 32.5 Å². The number of hydrogen-bond donors (Lipinski definition) is 2. The van der Waals surface area contributed by atoms with Crippen LogP contribution in [0, 0.1) is 0 Å². The number of hydrogen-bond acceptors (Lipinski definition) is 10. The number of anilines is 2. The number of urea groups is 1. The van der Waals surface area contributed by atoms with Crippen LogP contribution in [0.1, 0.15) is 33.1 Å². The zero-order valence-electron chi connectivity index (χ0n) is 22.5.